The Morgan fingerprint density at radius 3 is 3.12 bits per heavy atom. The molecule has 0 atom stereocenters. The number of fused-ring (bicyclic) bond motifs is 1. The zero-order valence-corrected chi connectivity index (χ0v) is 13.9. The number of pyridine rings is 1. The number of carbonyl (C=O) groups is 1. The van der Waals surface area contributed by atoms with E-state index in [1.54, 1.807) is 48.1 Å². The molecule has 1 N–H and O–H groups in total. The third-order valence-corrected chi connectivity index (χ3v) is 3.91. The average Bonchev–Trinajstić information content (AvgIpc) is 2.85. The summed E-state index contributed by atoms with van der Waals surface area (Å²) in [6.07, 6.45) is 12.0. The van der Waals surface area contributed by atoms with Crippen molar-refractivity contribution in [2.75, 3.05) is 6.54 Å². The molecule has 3 rings (SSSR count). The van der Waals surface area contributed by atoms with E-state index in [0.29, 0.717) is 23.8 Å². The molecule has 2 aliphatic rings. The molecule has 3 heterocycles. The SMILES string of the molecule is CC1=CC(CN2Cc3c(ccnc3Cl)C2=O)=CN=CC=CNN=C1. The molecule has 0 aromatic carbocycles. The minimum absolute atomic E-state index is 0.0465. The first-order valence-corrected chi connectivity index (χ1v) is 7.80. The number of aromatic nitrogens is 1. The van der Waals surface area contributed by atoms with Gasteiger partial charge in [0.1, 0.15) is 5.15 Å². The van der Waals surface area contributed by atoms with Crippen LogP contribution in [0.2, 0.25) is 5.15 Å². The van der Waals surface area contributed by atoms with E-state index >= 15 is 0 Å². The van der Waals surface area contributed by atoms with E-state index in [2.05, 4.69) is 20.5 Å². The summed E-state index contributed by atoms with van der Waals surface area (Å²) >= 11 is 6.10. The smallest absolute Gasteiger partial charge is 0.254 e. The average molecular weight is 342 g/mol. The molecule has 0 saturated heterocycles. The van der Waals surface area contributed by atoms with Crippen LogP contribution in [0.5, 0.6) is 0 Å². The van der Waals surface area contributed by atoms with E-state index in [1.807, 2.05) is 13.0 Å². The van der Waals surface area contributed by atoms with Crippen LogP contribution in [-0.4, -0.2) is 34.8 Å². The topological polar surface area (TPSA) is 70.0 Å². The molecule has 0 fully saturated rings. The van der Waals surface area contributed by atoms with E-state index < -0.39 is 0 Å². The van der Waals surface area contributed by atoms with Crippen LogP contribution in [0.1, 0.15) is 22.8 Å². The van der Waals surface area contributed by atoms with Crippen molar-refractivity contribution in [1.82, 2.24) is 15.3 Å². The van der Waals surface area contributed by atoms with Crippen LogP contribution in [0.25, 0.3) is 0 Å². The molecule has 0 unspecified atom stereocenters. The van der Waals surface area contributed by atoms with E-state index in [4.69, 9.17) is 11.6 Å². The van der Waals surface area contributed by atoms with Gasteiger partial charge in [0.2, 0.25) is 0 Å². The predicted molar refractivity (Wildman–Crippen MR) is 95.1 cm³/mol. The van der Waals surface area contributed by atoms with Crippen LogP contribution in [0.15, 0.2) is 58.1 Å². The summed E-state index contributed by atoms with van der Waals surface area (Å²) in [5.74, 6) is -0.0465. The van der Waals surface area contributed by atoms with Gasteiger partial charge in [-0.3, -0.25) is 15.2 Å². The highest BCUT2D eigenvalue weighted by Crippen LogP contribution is 2.28. The Kier molecular flexibility index (Phi) is 4.86. The molecule has 0 bridgehead atoms. The van der Waals surface area contributed by atoms with Crippen LogP contribution in [0.4, 0.5) is 0 Å². The summed E-state index contributed by atoms with van der Waals surface area (Å²) < 4.78 is 0. The number of allylic oxidation sites excluding steroid dienone is 2. The molecular formula is C17H16ClN5O. The van der Waals surface area contributed by atoms with Crippen LogP contribution in [0, 0.1) is 0 Å². The molecule has 0 saturated carbocycles. The van der Waals surface area contributed by atoms with Gasteiger partial charge in [-0.2, -0.15) is 5.10 Å². The minimum Gasteiger partial charge on any atom is -0.330 e. The summed E-state index contributed by atoms with van der Waals surface area (Å²) in [5.41, 5.74) is 6.01. The van der Waals surface area contributed by atoms with E-state index in [1.165, 1.54) is 0 Å². The molecule has 6 nitrogen and oxygen atoms in total. The maximum Gasteiger partial charge on any atom is 0.254 e. The second-order valence-electron chi connectivity index (χ2n) is 5.43. The number of hydrogen-bond donors (Lipinski definition) is 1. The number of halogens is 1. The van der Waals surface area contributed by atoms with Gasteiger partial charge in [-0.15, -0.1) is 0 Å². The third kappa shape index (κ3) is 3.60. The number of rotatable bonds is 2. The first-order chi connectivity index (χ1) is 11.6. The standard InChI is InChI=1S/C17H16ClN5O/c1-12-7-13(9-19-4-2-5-21-22-8-12)10-23-11-15-14(17(23)24)3-6-20-16(15)18/h2-9,21H,10-11H2,1H3. The zero-order valence-electron chi connectivity index (χ0n) is 13.1. The summed E-state index contributed by atoms with van der Waals surface area (Å²) in [4.78, 5) is 22.5. The van der Waals surface area contributed by atoms with Crippen LogP contribution in [-0.2, 0) is 6.54 Å². The molecule has 1 amide bonds. The molecule has 0 spiro atoms. The molecule has 2 aliphatic heterocycles. The summed E-state index contributed by atoms with van der Waals surface area (Å²) in [6, 6.07) is 1.71. The Morgan fingerprint density at radius 1 is 1.42 bits per heavy atom. The second kappa shape index (κ2) is 7.23. The normalized spacial score (nSPS) is 17.1. The van der Waals surface area contributed by atoms with E-state index in [0.717, 1.165) is 16.7 Å². The molecule has 122 valence electrons. The number of hydrogen-bond acceptors (Lipinski definition) is 5. The molecule has 1 aromatic rings. The van der Waals surface area contributed by atoms with Crippen LogP contribution >= 0.6 is 11.6 Å². The van der Waals surface area contributed by atoms with Crippen molar-refractivity contribution in [3.05, 3.63) is 64.2 Å². The van der Waals surface area contributed by atoms with Crippen molar-refractivity contribution in [3.8, 4) is 0 Å². The van der Waals surface area contributed by atoms with Gasteiger partial charge in [0, 0.05) is 42.5 Å². The van der Waals surface area contributed by atoms with Crippen molar-refractivity contribution in [1.29, 1.82) is 0 Å². The highest BCUT2D eigenvalue weighted by molar-refractivity contribution is 6.30. The Balaban J connectivity index is 1.84. The monoisotopic (exact) mass is 341 g/mol. The van der Waals surface area contributed by atoms with Gasteiger partial charge in [0.15, 0.2) is 0 Å². The summed E-state index contributed by atoms with van der Waals surface area (Å²) in [5, 5.41) is 4.44. The largest absolute Gasteiger partial charge is 0.330 e. The number of nitrogens with one attached hydrogen (secondary N) is 1. The van der Waals surface area contributed by atoms with Gasteiger partial charge in [-0.25, -0.2) is 4.98 Å². The fraction of sp³-hybridized carbons (Fsp3) is 0.176. The quantitative estimate of drug-likeness (QED) is 0.841. The molecule has 1 aromatic heterocycles. The lowest BCUT2D eigenvalue weighted by Gasteiger charge is -2.16. The fourth-order valence-corrected chi connectivity index (χ4v) is 2.73. The van der Waals surface area contributed by atoms with Crippen molar-refractivity contribution in [2.45, 2.75) is 13.5 Å². The van der Waals surface area contributed by atoms with E-state index in [9.17, 15) is 4.79 Å². The maximum atomic E-state index is 12.5. The predicted octanol–water partition coefficient (Wildman–Crippen LogP) is 2.69. The number of amides is 1. The molecule has 0 aliphatic carbocycles. The number of nitrogens with zero attached hydrogens (tertiary/aromatic N) is 4. The Labute approximate surface area is 144 Å². The van der Waals surface area contributed by atoms with Crippen LogP contribution in [0.3, 0.4) is 0 Å². The lowest BCUT2D eigenvalue weighted by molar-refractivity contribution is 0.0793. The first-order valence-electron chi connectivity index (χ1n) is 7.42. The van der Waals surface area contributed by atoms with Gasteiger partial charge >= 0.3 is 0 Å². The number of aliphatic imine (C=N–C) groups is 1. The van der Waals surface area contributed by atoms with Crippen LogP contribution < -0.4 is 5.43 Å². The molecule has 7 heteroatoms. The van der Waals surface area contributed by atoms with Crippen molar-refractivity contribution in [3.63, 3.8) is 0 Å². The van der Waals surface area contributed by atoms with Crippen molar-refractivity contribution < 1.29 is 4.79 Å². The fourth-order valence-electron chi connectivity index (χ4n) is 2.51. The lowest BCUT2D eigenvalue weighted by Crippen LogP contribution is -2.26. The highest BCUT2D eigenvalue weighted by atomic mass is 35.5. The first kappa shape index (κ1) is 16.1. The molecule has 24 heavy (non-hydrogen) atoms. The Morgan fingerprint density at radius 2 is 2.29 bits per heavy atom. The number of carbonyl (C=O) groups excluding carboxylic acids is 1. The number of hydrazone groups is 1. The minimum atomic E-state index is -0.0465. The Hall–Kier alpha value is -2.73. The maximum absolute atomic E-state index is 12.5. The Bertz CT molecular complexity index is 807. The van der Waals surface area contributed by atoms with Gasteiger partial charge in [0.05, 0.1) is 12.8 Å². The summed E-state index contributed by atoms with van der Waals surface area (Å²) in [6.45, 7) is 2.82. The zero-order chi connectivity index (χ0) is 16.9. The van der Waals surface area contributed by atoms with Crippen molar-refractivity contribution >= 4 is 29.9 Å². The van der Waals surface area contributed by atoms with Crippen molar-refractivity contribution in [2.24, 2.45) is 10.1 Å². The third-order valence-electron chi connectivity index (χ3n) is 3.58. The molecule has 0 radical (unpaired) electrons. The van der Waals surface area contributed by atoms with E-state index in [-0.39, 0.29) is 5.91 Å². The van der Waals surface area contributed by atoms with Gasteiger partial charge in [0.25, 0.3) is 5.91 Å². The molecular weight excluding hydrogens is 326 g/mol. The lowest BCUT2D eigenvalue weighted by atomic mass is 10.2. The van der Waals surface area contributed by atoms with Gasteiger partial charge in [-0.1, -0.05) is 17.7 Å². The summed E-state index contributed by atoms with van der Waals surface area (Å²) in [7, 11) is 0. The van der Waals surface area contributed by atoms with Gasteiger partial charge in [-0.05, 0) is 30.2 Å². The van der Waals surface area contributed by atoms with Gasteiger partial charge < -0.3 is 4.90 Å². The highest BCUT2D eigenvalue weighted by Gasteiger charge is 2.29. The second-order valence-corrected chi connectivity index (χ2v) is 5.78.